The second-order valence-electron chi connectivity index (χ2n) is 6.47. The summed E-state index contributed by atoms with van der Waals surface area (Å²) in [5, 5.41) is 0.135. The van der Waals surface area contributed by atoms with Gasteiger partial charge in [-0.05, 0) is 42.1 Å². The van der Waals surface area contributed by atoms with E-state index in [2.05, 4.69) is 15.9 Å². The molecule has 2 aromatic rings. The molecule has 6 nitrogen and oxygen atoms in total. The summed E-state index contributed by atoms with van der Waals surface area (Å²) < 4.78 is 25.5. The summed E-state index contributed by atoms with van der Waals surface area (Å²) in [5.41, 5.74) is 0.912. The van der Waals surface area contributed by atoms with Crippen LogP contribution in [0.3, 0.4) is 0 Å². The van der Waals surface area contributed by atoms with Crippen molar-refractivity contribution in [1.82, 2.24) is 9.80 Å². The van der Waals surface area contributed by atoms with Gasteiger partial charge in [-0.1, -0.05) is 34.1 Å². The van der Waals surface area contributed by atoms with Crippen molar-refractivity contribution in [3.8, 4) is 11.5 Å². The van der Waals surface area contributed by atoms with Gasteiger partial charge in [0.05, 0.1) is 7.11 Å². The first kappa shape index (κ1) is 21.9. The fourth-order valence-corrected chi connectivity index (χ4v) is 3.44. The van der Waals surface area contributed by atoms with Crippen molar-refractivity contribution in [2.75, 3.05) is 21.2 Å². The van der Waals surface area contributed by atoms with E-state index in [9.17, 15) is 14.0 Å². The van der Waals surface area contributed by atoms with Crippen LogP contribution in [0, 0.1) is 5.82 Å². The van der Waals surface area contributed by atoms with Gasteiger partial charge in [0.1, 0.15) is 18.0 Å². The zero-order chi connectivity index (χ0) is 22.0. The molecule has 0 spiro atoms. The number of halogens is 2. The minimum Gasteiger partial charge on any atom is -0.493 e. The lowest BCUT2D eigenvalue weighted by molar-refractivity contribution is -0.132. The van der Waals surface area contributed by atoms with E-state index in [1.54, 1.807) is 30.3 Å². The molecule has 0 bridgehead atoms. The SMILES string of the molecule is COc1cc(C=C2C(=O)N(C)C(=S)N(C)C2=O)c(Br)cc1OCc1ccccc1F. The normalized spacial score (nSPS) is 14.3. The molecule has 1 heterocycles. The topological polar surface area (TPSA) is 59.1 Å². The molecule has 1 aliphatic rings. The van der Waals surface area contributed by atoms with Crippen molar-refractivity contribution < 1.29 is 23.5 Å². The first-order valence-corrected chi connectivity index (χ1v) is 10.00. The molecule has 2 amide bonds. The maximum atomic E-state index is 13.8. The van der Waals surface area contributed by atoms with Crippen LogP contribution in [0.15, 0.2) is 46.4 Å². The number of carbonyl (C=O) groups excluding carboxylic acids is 2. The Labute approximate surface area is 187 Å². The van der Waals surface area contributed by atoms with Gasteiger partial charge in [0.15, 0.2) is 16.6 Å². The Balaban J connectivity index is 1.93. The van der Waals surface area contributed by atoms with Crippen molar-refractivity contribution >= 4 is 51.2 Å². The van der Waals surface area contributed by atoms with E-state index in [4.69, 9.17) is 21.7 Å². The summed E-state index contributed by atoms with van der Waals surface area (Å²) in [6.45, 7) is 0.0138. The smallest absolute Gasteiger partial charge is 0.265 e. The maximum absolute atomic E-state index is 13.8. The Hall–Kier alpha value is -2.78. The number of amides is 2. The van der Waals surface area contributed by atoms with Gasteiger partial charge in [-0.25, -0.2) is 4.39 Å². The Kier molecular flexibility index (Phi) is 6.52. The van der Waals surface area contributed by atoms with Crippen molar-refractivity contribution in [2.24, 2.45) is 0 Å². The quantitative estimate of drug-likeness (QED) is 0.361. The molecule has 0 aliphatic carbocycles. The number of carbonyl (C=O) groups is 2. The second kappa shape index (κ2) is 8.93. The van der Waals surface area contributed by atoms with Crippen LogP contribution < -0.4 is 9.47 Å². The van der Waals surface area contributed by atoms with E-state index >= 15 is 0 Å². The third-order valence-corrected chi connectivity index (χ3v) is 5.80. The summed E-state index contributed by atoms with van der Waals surface area (Å²) in [6.07, 6.45) is 1.46. The van der Waals surface area contributed by atoms with Gasteiger partial charge < -0.3 is 9.47 Å². The highest BCUT2D eigenvalue weighted by Gasteiger charge is 2.35. The molecule has 0 unspecified atom stereocenters. The molecule has 1 saturated heterocycles. The summed E-state index contributed by atoms with van der Waals surface area (Å²) in [4.78, 5) is 27.5. The zero-order valence-corrected chi connectivity index (χ0v) is 18.8. The molecule has 30 heavy (non-hydrogen) atoms. The highest BCUT2D eigenvalue weighted by molar-refractivity contribution is 9.10. The van der Waals surface area contributed by atoms with Crippen LogP contribution in [0.5, 0.6) is 11.5 Å². The van der Waals surface area contributed by atoms with Crippen LogP contribution in [0.2, 0.25) is 0 Å². The molecule has 0 atom stereocenters. The Morgan fingerprint density at radius 2 is 1.73 bits per heavy atom. The summed E-state index contributed by atoms with van der Waals surface area (Å²) in [6, 6.07) is 9.59. The molecule has 1 fully saturated rings. The van der Waals surface area contributed by atoms with Crippen molar-refractivity contribution in [1.29, 1.82) is 0 Å². The number of benzene rings is 2. The highest BCUT2D eigenvalue weighted by atomic mass is 79.9. The first-order valence-electron chi connectivity index (χ1n) is 8.80. The predicted molar refractivity (Wildman–Crippen MR) is 118 cm³/mol. The summed E-state index contributed by atoms with van der Waals surface area (Å²) in [5.74, 6) is -0.596. The predicted octanol–water partition coefficient (Wildman–Crippen LogP) is 3.77. The monoisotopic (exact) mass is 492 g/mol. The maximum Gasteiger partial charge on any atom is 0.265 e. The number of hydrogen-bond donors (Lipinski definition) is 0. The first-order chi connectivity index (χ1) is 14.2. The van der Waals surface area contributed by atoms with E-state index in [0.29, 0.717) is 27.1 Å². The molecule has 156 valence electrons. The van der Waals surface area contributed by atoms with Gasteiger partial charge in [-0.3, -0.25) is 19.4 Å². The van der Waals surface area contributed by atoms with Crippen molar-refractivity contribution in [3.05, 3.63) is 63.4 Å². The number of rotatable bonds is 5. The van der Waals surface area contributed by atoms with Crippen LogP contribution >= 0.6 is 28.1 Å². The molecule has 2 aromatic carbocycles. The van der Waals surface area contributed by atoms with E-state index in [1.165, 1.54) is 43.1 Å². The second-order valence-corrected chi connectivity index (χ2v) is 7.69. The van der Waals surface area contributed by atoms with Gasteiger partial charge in [-0.2, -0.15) is 0 Å². The van der Waals surface area contributed by atoms with Crippen LogP contribution in [0.4, 0.5) is 4.39 Å². The number of likely N-dealkylation sites (N-methyl/N-ethyl adjacent to an activating group) is 2. The van der Waals surface area contributed by atoms with Crippen molar-refractivity contribution in [2.45, 2.75) is 6.61 Å². The summed E-state index contributed by atoms with van der Waals surface area (Å²) in [7, 11) is 4.49. The van der Waals surface area contributed by atoms with Gasteiger partial charge in [0.2, 0.25) is 0 Å². The average Bonchev–Trinajstić information content (AvgIpc) is 2.74. The lowest BCUT2D eigenvalue weighted by Crippen LogP contribution is -2.52. The summed E-state index contributed by atoms with van der Waals surface area (Å²) >= 11 is 8.52. The van der Waals surface area contributed by atoms with Gasteiger partial charge >= 0.3 is 0 Å². The number of methoxy groups -OCH3 is 1. The number of ether oxygens (including phenoxy) is 2. The number of thiocarbonyl (C=S) groups is 1. The molecule has 0 radical (unpaired) electrons. The lowest BCUT2D eigenvalue weighted by Gasteiger charge is -2.31. The fraction of sp³-hybridized carbons (Fsp3) is 0.190. The Morgan fingerprint density at radius 1 is 1.10 bits per heavy atom. The van der Waals surface area contributed by atoms with E-state index < -0.39 is 11.8 Å². The zero-order valence-electron chi connectivity index (χ0n) is 16.4. The molecule has 3 rings (SSSR count). The third kappa shape index (κ3) is 4.22. The standard InChI is InChI=1S/C21H18BrFN2O4S/c1-24-19(26)14(20(27)25(2)21(24)30)8-13-9-17(28-3)18(10-15(13)22)29-11-12-6-4-5-7-16(12)23/h4-10H,11H2,1-3H3. The largest absolute Gasteiger partial charge is 0.493 e. The Bertz CT molecular complexity index is 1050. The number of hydrogen-bond acceptors (Lipinski definition) is 5. The molecular weight excluding hydrogens is 475 g/mol. The molecular formula is C21H18BrFN2O4S. The van der Waals surface area contributed by atoms with Crippen LogP contribution in [0.25, 0.3) is 6.08 Å². The Morgan fingerprint density at radius 3 is 2.33 bits per heavy atom. The van der Waals surface area contributed by atoms with Crippen LogP contribution in [0.1, 0.15) is 11.1 Å². The molecule has 0 aromatic heterocycles. The number of nitrogens with zero attached hydrogens (tertiary/aromatic N) is 2. The molecule has 0 saturated carbocycles. The third-order valence-electron chi connectivity index (χ3n) is 4.57. The average molecular weight is 493 g/mol. The lowest BCUT2D eigenvalue weighted by atomic mass is 10.1. The fourth-order valence-electron chi connectivity index (χ4n) is 2.84. The van der Waals surface area contributed by atoms with Gasteiger partial charge in [-0.15, -0.1) is 0 Å². The molecule has 9 heteroatoms. The van der Waals surface area contributed by atoms with Gasteiger partial charge in [0, 0.05) is 24.1 Å². The minimum absolute atomic E-state index is 0.0138. The van der Waals surface area contributed by atoms with Crippen LogP contribution in [-0.4, -0.2) is 47.9 Å². The molecule has 1 aliphatic heterocycles. The van der Waals surface area contributed by atoms with Crippen molar-refractivity contribution in [3.63, 3.8) is 0 Å². The molecule has 0 N–H and O–H groups in total. The van der Waals surface area contributed by atoms with E-state index in [0.717, 1.165) is 0 Å². The minimum atomic E-state index is -0.492. The van der Waals surface area contributed by atoms with E-state index in [1.807, 2.05) is 0 Å². The van der Waals surface area contributed by atoms with Crippen LogP contribution in [-0.2, 0) is 16.2 Å². The van der Waals surface area contributed by atoms with E-state index in [-0.39, 0.29) is 23.1 Å². The van der Waals surface area contributed by atoms with Gasteiger partial charge in [0.25, 0.3) is 11.8 Å². The highest BCUT2D eigenvalue weighted by Crippen LogP contribution is 2.35.